The molecule has 0 spiro atoms. The molecule has 2 amide bonds. The van der Waals surface area contributed by atoms with Crippen LogP contribution in [0.15, 0.2) is 48.5 Å². The highest BCUT2D eigenvalue weighted by Crippen LogP contribution is 2.29. The maximum absolute atomic E-state index is 13.7. The first-order valence-electron chi connectivity index (χ1n) is 13.1. The lowest BCUT2D eigenvalue weighted by Gasteiger charge is -2.33. The summed E-state index contributed by atoms with van der Waals surface area (Å²) in [5.41, 5.74) is 1.32. The standard InChI is InChI=1S/C28H37N5O4S/c1-4-37-24-12-8-22(9-13-24)33-27(35)25(20-26(34)29-21-6-10-23(36-3)11-7-21)32(28(33)38)15-5-14-31-18-16-30(2)17-19-31/h6-13,25H,4-5,14-20H2,1-3H3,(H,29,34). The fourth-order valence-corrected chi connectivity index (χ4v) is 5.20. The van der Waals surface area contributed by atoms with E-state index in [1.54, 1.807) is 36.3 Å². The van der Waals surface area contributed by atoms with Crippen molar-refractivity contribution in [3.8, 4) is 11.5 Å². The molecule has 1 atom stereocenters. The van der Waals surface area contributed by atoms with Gasteiger partial charge in [-0.1, -0.05) is 0 Å². The summed E-state index contributed by atoms with van der Waals surface area (Å²) in [5.74, 6) is 1.00. The Morgan fingerprint density at radius 1 is 1.00 bits per heavy atom. The van der Waals surface area contributed by atoms with Gasteiger partial charge in [-0.25, -0.2) is 0 Å². The molecule has 1 N–H and O–H groups in total. The molecule has 2 fully saturated rings. The third-order valence-corrected chi connectivity index (χ3v) is 7.36. The lowest BCUT2D eigenvalue weighted by molar-refractivity contribution is -0.124. The van der Waals surface area contributed by atoms with Crippen LogP contribution in [0.25, 0.3) is 0 Å². The Labute approximate surface area is 230 Å². The van der Waals surface area contributed by atoms with Gasteiger partial charge < -0.3 is 29.5 Å². The lowest BCUT2D eigenvalue weighted by Crippen LogP contribution is -2.45. The van der Waals surface area contributed by atoms with Crippen LogP contribution in [0.4, 0.5) is 11.4 Å². The van der Waals surface area contributed by atoms with Crippen LogP contribution in [0.2, 0.25) is 0 Å². The van der Waals surface area contributed by atoms with Gasteiger partial charge in [-0.2, -0.15) is 0 Å². The predicted molar refractivity (Wildman–Crippen MR) is 153 cm³/mol. The zero-order valence-corrected chi connectivity index (χ0v) is 23.2. The van der Waals surface area contributed by atoms with Gasteiger partial charge in [0.2, 0.25) is 5.91 Å². The number of methoxy groups -OCH3 is 1. The minimum atomic E-state index is -0.667. The molecule has 0 aromatic heterocycles. The molecule has 1 unspecified atom stereocenters. The van der Waals surface area contributed by atoms with Crippen molar-refractivity contribution in [2.75, 3.05) is 70.2 Å². The van der Waals surface area contributed by atoms with Crippen molar-refractivity contribution in [3.05, 3.63) is 48.5 Å². The first-order chi connectivity index (χ1) is 18.4. The van der Waals surface area contributed by atoms with Crippen LogP contribution >= 0.6 is 12.2 Å². The maximum atomic E-state index is 13.7. The van der Waals surface area contributed by atoms with E-state index >= 15 is 0 Å². The van der Waals surface area contributed by atoms with Crippen LogP contribution in [0.3, 0.4) is 0 Å². The number of nitrogens with zero attached hydrogens (tertiary/aromatic N) is 4. The topological polar surface area (TPSA) is 77.6 Å². The van der Waals surface area contributed by atoms with Gasteiger partial charge in [-0.3, -0.25) is 14.5 Å². The van der Waals surface area contributed by atoms with Gasteiger partial charge in [0.15, 0.2) is 5.11 Å². The van der Waals surface area contributed by atoms with Gasteiger partial charge in [0.1, 0.15) is 17.5 Å². The summed E-state index contributed by atoms with van der Waals surface area (Å²) in [6, 6.07) is 13.8. The Hall–Kier alpha value is -3.21. The van der Waals surface area contributed by atoms with E-state index in [1.807, 2.05) is 36.1 Å². The van der Waals surface area contributed by atoms with Gasteiger partial charge in [-0.05, 0) is 87.7 Å². The molecule has 38 heavy (non-hydrogen) atoms. The second kappa shape index (κ2) is 13.0. The lowest BCUT2D eigenvalue weighted by atomic mass is 10.1. The van der Waals surface area contributed by atoms with Crippen molar-refractivity contribution in [3.63, 3.8) is 0 Å². The molecule has 0 radical (unpaired) electrons. The largest absolute Gasteiger partial charge is 0.497 e. The Bertz CT molecular complexity index is 1100. The van der Waals surface area contributed by atoms with Crippen LogP contribution in [-0.2, 0) is 9.59 Å². The van der Waals surface area contributed by atoms with Crippen molar-refractivity contribution >= 4 is 40.5 Å². The van der Waals surface area contributed by atoms with Crippen LogP contribution in [0, 0.1) is 0 Å². The summed E-state index contributed by atoms with van der Waals surface area (Å²) in [6.07, 6.45) is 0.859. The number of nitrogens with one attached hydrogen (secondary N) is 1. The molecule has 10 heteroatoms. The normalized spacial score (nSPS) is 18.7. The predicted octanol–water partition coefficient (Wildman–Crippen LogP) is 3.06. The summed E-state index contributed by atoms with van der Waals surface area (Å²) in [6.45, 7) is 8.19. The van der Waals surface area contributed by atoms with Crippen LogP contribution in [0.5, 0.6) is 11.5 Å². The van der Waals surface area contributed by atoms with Crippen LogP contribution < -0.4 is 19.7 Å². The summed E-state index contributed by atoms with van der Waals surface area (Å²) in [7, 11) is 3.74. The number of thiocarbonyl (C=S) groups is 1. The van der Waals surface area contributed by atoms with E-state index in [-0.39, 0.29) is 18.2 Å². The average Bonchev–Trinajstić information content (AvgIpc) is 3.15. The van der Waals surface area contributed by atoms with Crippen molar-refractivity contribution in [1.29, 1.82) is 0 Å². The molecule has 0 aliphatic carbocycles. The first kappa shape index (κ1) is 27.8. The zero-order chi connectivity index (χ0) is 27.1. The number of anilines is 2. The number of rotatable bonds is 11. The number of carbonyl (C=O) groups excluding carboxylic acids is 2. The third-order valence-electron chi connectivity index (χ3n) is 6.95. The highest BCUT2D eigenvalue weighted by molar-refractivity contribution is 7.80. The molecule has 0 saturated carbocycles. The van der Waals surface area contributed by atoms with E-state index in [2.05, 4.69) is 22.2 Å². The van der Waals surface area contributed by atoms with Gasteiger partial charge in [-0.15, -0.1) is 0 Å². The molecule has 2 aromatic rings. The number of hydrogen-bond donors (Lipinski definition) is 1. The van der Waals surface area contributed by atoms with Crippen LogP contribution in [-0.4, -0.2) is 97.7 Å². The van der Waals surface area contributed by atoms with E-state index in [9.17, 15) is 9.59 Å². The van der Waals surface area contributed by atoms with Crippen molar-refractivity contribution in [2.45, 2.75) is 25.8 Å². The van der Waals surface area contributed by atoms with E-state index in [1.165, 1.54) is 0 Å². The molecular formula is C28H37N5O4S. The molecule has 9 nitrogen and oxygen atoms in total. The number of piperazine rings is 1. The highest BCUT2D eigenvalue weighted by Gasteiger charge is 2.44. The van der Waals surface area contributed by atoms with E-state index in [0.29, 0.717) is 35.4 Å². The molecule has 2 saturated heterocycles. The average molecular weight is 540 g/mol. The van der Waals surface area contributed by atoms with Crippen LogP contribution in [0.1, 0.15) is 19.8 Å². The molecule has 204 valence electrons. The molecule has 2 heterocycles. The summed E-state index contributed by atoms with van der Waals surface area (Å²) in [5, 5.41) is 3.33. The minimum Gasteiger partial charge on any atom is -0.497 e. The second-order valence-corrected chi connectivity index (χ2v) is 9.94. The zero-order valence-electron chi connectivity index (χ0n) is 22.4. The Kier molecular flexibility index (Phi) is 9.54. The van der Waals surface area contributed by atoms with Crippen molar-refractivity contribution < 1.29 is 19.1 Å². The number of benzene rings is 2. The number of ether oxygens (including phenoxy) is 2. The van der Waals surface area contributed by atoms with Gasteiger partial charge in [0.05, 0.1) is 25.8 Å². The fourth-order valence-electron chi connectivity index (χ4n) is 4.78. The van der Waals surface area contributed by atoms with Gasteiger partial charge in [0.25, 0.3) is 5.91 Å². The SMILES string of the molecule is CCOc1ccc(N2C(=O)C(CC(=O)Nc3ccc(OC)cc3)N(CCCN3CCN(C)CC3)C2=S)cc1. The van der Waals surface area contributed by atoms with E-state index < -0.39 is 6.04 Å². The number of amides is 2. The molecule has 2 aliphatic heterocycles. The molecule has 2 aliphatic rings. The summed E-state index contributed by atoms with van der Waals surface area (Å²) < 4.78 is 10.7. The summed E-state index contributed by atoms with van der Waals surface area (Å²) >= 11 is 5.81. The number of likely N-dealkylation sites (N-methyl/N-ethyl adjacent to an activating group) is 1. The molecular weight excluding hydrogens is 502 g/mol. The molecule has 4 rings (SSSR count). The first-order valence-corrected chi connectivity index (χ1v) is 13.5. The smallest absolute Gasteiger partial charge is 0.256 e. The Balaban J connectivity index is 1.46. The molecule has 0 bridgehead atoms. The van der Waals surface area contributed by atoms with E-state index in [4.69, 9.17) is 21.7 Å². The molecule has 2 aromatic carbocycles. The highest BCUT2D eigenvalue weighted by atomic mass is 32.1. The quantitative estimate of drug-likeness (QED) is 0.437. The number of hydrogen-bond acceptors (Lipinski definition) is 7. The third kappa shape index (κ3) is 6.80. The maximum Gasteiger partial charge on any atom is 0.256 e. The van der Waals surface area contributed by atoms with Crippen molar-refractivity contribution in [1.82, 2.24) is 14.7 Å². The van der Waals surface area contributed by atoms with Gasteiger partial charge >= 0.3 is 0 Å². The summed E-state index contributed by atoms with van der Waals surface area (Å²) in [4.78, 5) is 34.9. The number of carbonyl (C=O) groups is 2. The van der Waals surface area contributed by atoms with Gasteiger partial charge in [0, 0.05) is 38.4 Å². The second-order valence-electron chi connectivity index (χ2n) is 9.57. The Morgan fingerprint density at radius 3 is 2.29 bits per heavy atom. The van der Waals surface area contributed by atoms with Crippen molar-refractivity contribution in [2.24, 2.45) is 0 Å². The fraction of sp³-hybridized carbons (Fsp3) is 0.464. The van der Waals surface area contributed by atoms with E-state index in [0.717, 1.165) is 44.9 Å². The monoisotopic (exact) mass is 539 g/mol. The Morgan fingerprint density at radius 2 is 1.66 bits per heavy atom. The minimum absolute atomic E-state index is 0.00699.